The van der Waals surface area contributed by atoms with Gasteiger partial charge in [-0.3, -0.25) is 4.72 Å². The maximum atomic E-state index is 12.3. The van der Waals surface area contributed by atoms with Crippen LogP contribution in [0.5, 0.6) is 0 Å². The standard InChI is InChI=1S/C15H20N2O2S2/c1-3-9-16-11-13-5-4-6-14(10-13)17-21(18,19)15-8-7-12(2)20-15/h4-8,10,16-17H,3,9,11H2,1-2H3. The Hall–Kier alpha value is -1.37. The predicted molar refractivity (Wildman–Crippen MR) is 88.3 cm³/mol. The molecule has 0 aliphatic carbocycles. The fourth-order valence-electron chi connectivity index (χ4n) is 1.92. The van der Waals surface area contributed by atoms with E-state index in [1.807, 2.05) is 31.2 Å². The van der Waals surface area contributed by atoms with Gasteiger partial charge in [0.05, 0.1) is 0 Å². The van der Waals surface area contributed by atoms with Crippen molar-refractivity contribution in [3.05, 3.63) is 46.8 Å². The van der Waals surface area contributed by atoms with Gasteiger partial charge in [0.1, 0.15) is 4.21 Å². The van der Waals surface area contributed by atoms with Gasteiger partial charge in [-0.15, -0.1) is 11.3 Å². The van der Waals surface area contributed by atoms with Crippen LogP contribution in [0.2, 0.25) is 0 Å². The molecule has 6 heteroatoms. The summed E-state index contributed by atoms with van der Waals surface area (Å²) in [6.45, 7) is 5.69. The monoisotopic (exact) mass is 324 g/mol. The van der Waals surface area contributed by atoms with E-state index >= 15 is 0 Å². The molecule has 0 unspecified atom stereocenters. The lowest BCUT2D eigenvalue weighted by Crippen LogP contribution is -2.15. The highest BCUT2D eigenvalue weighted by Gasteiger charge is 2.16. The molecular weight excluding hydrogens is 304 g/mol. The lowest BCUT2D eigenvalue weighted by atomic mass is 10.2. The molecule has 4 nitrogen and oxygen atoms in total. The largest absolute Gasteiger partial charge is 0.313 e. The summed E-state index contributed by atoms with van der Waals surface area (Å²) < 4.78 is 27.5. The number of benzene rings is 1. The second-order valence-electron chi connectivity index (χ2n) is 4.85. The van der Waals surface area contributed by atoms with Crippen molar-refractivity contribution < 1.29 is 8.42 Å². The second-order valence-corrected chi connectivity index (χ2v) is 8.04. The van der Waals surface area contributed by atoms with Crippen molar-refractivity contribution in [1.82, 2.24) is 5.32 Å². The first-order valence-corrected chi connectivity index (χ1v) is 9.20. The molecule has 1 aromatic heterocycles. The number of sulfonamides is 1. The van der Waals surface area contributed by atoms with Crippen LogP contribution in [-0.2, 0) is 16.6 Å². The van der Waals surface area contributed by atoms with Gasteiger partial charge in [-0.05, 0) is 49.7 Å². The zero-order valence-electron chi connectivity index (χ0n) is 12.2. The highest BCUT2D eigenvalue weighted by molar-refractivity contribution is 7.94. The van der Waals surface area contributed by atoms with E-state index in [9.17, 15) is 8.42 Å². The van der Waals surface area contributed by atoms with Crippen molar-refractivity contribution in [1.29, 1.82) is 0 Å². The Labute approximate surface area is 130 Å². The van der Waals surface area contributed by atoms with Gasteiger partial charge in [0.15, 0.2) is 0 Å². The molecule has 0 radical (unpaired) electrons. The van der Waals surface area contributed by atoms with E-state index in [4.69, 9.17) is 0 Å². The first-order valence-electron chi connectivity index (χ1n) is 6.90. The van der Waals surface area contributed by atoms with Crippen LogP contribution in [0.1, 0.15) is 23.8 Å². The molecule has 1 aromatic carbocycles. The Morgan fingerprint density at radius 3 is 2.67 bits per heavy atom. The molecule has 0 aliphatic heterocycles. The van der Waals surface area contributed by atoms with Crippen LogP contribution in [0.25, 0.3) is 0 Å². The fourth-order valence-corrected chi connectivity index (χ4v) is 4.25. The third-order valence-electron chi connectivity index (χ3n) is 2.92. The van der Waals surface area contributed by atoms with Crippen molar-refractivity contribution in [2.24, 2.45) is 0 Å². The first-order chi connectivity index (χ1) is 10.0. The van der Waals surface area contributed by atoms with Gasteiger partial charge in [-0.25, -0.2) is 8.42 Å². The summed E-state index contributed by atoms with van der Waals surface area (Å²) in [6.07, 6.45) is 1.07. The number of aryl methyl sites for hydroxylation is 1. The third kappa shape index (κ3) is 4.56. The van der Waals surface area contributed by atoms with Crippen LogP contribution in [-0.4, -0.2) is 15.0 Å². The summed E-state index contributed by atoms with van der Waals surface area (Å²) >= 11 is 1.27. The normalized spacial score (nSPS) is 11.5. The van der Waals surface area contributed by atoms with Gasteiger partial charge < -0.3 is 5.32 Å². The van der Waals surface area contributed by atoms with Crippen molar-refractivity contribution in [2.45, 2.75) is 31.0 Å². The van der Waals surface area contributed by atoms with Gasteiger partial charge >= 0.3 is 0 Å². The van der Waals surface area contributed by atoms with Gasteiger partial charge in [-0.2, -0.15) is 0 Å². The number of nitrogens with one attached hydrogen (secondary N) is 2. The molecular formula is C15H20N2O2S2. The molecule has 0 amide bonds. The Kier molecular flexibility index (Phi) is 5.39. The zero-order valence-corrected chi connectivity index (χ0v) is 13.9. The fraction of sp³-hybridized carbons (Fsp3) is 0.333. The Balaban J connectivity index is 2.10. The van der Waals surface area contributed by atoms with Crippen LogP contribution in [0.4, 0.5) is 5.69 Å². The van der Waals surface area contributed by atoms with Crippen LogP contribution < -0.4 is 10.0 Å². The van der Waals surface area contributed by atoms with Gasteiger partial charge in [0.2, 0.25) is 0 Å². The molecule has 0 spiro atoms. The number of anilines is 1. The summed E-state index contributed by atoms with van der Waals surface area (Å²) in [4.78, 5) is 0.980. The van der Waals surface area contributed by atoms with Crippen molar-refractivity contribution in [3.63, 3.8) is 0 Å². The number of rotatable bonds is 7. The van der Waals surface area contributed by atoms with Gasteiger partial charge in [0, 0.05) is 17.1 Å². The predicted octanol–water partition coefficient (Wildman–Crippen LogP) is 3.36. The molecule has 1 heterocycles. The molecule has 2 N–H and O–H groups in total. The minimum Gasteiger partial charge on any atom is -0.313 e. The first kappa shape index (κ1) is 16.0. The topological polar surface area (TPSA) is 58.2 Å². The van der Waals surface area contributed by atoms with Crippen LogP contribution in [0, 0.1) is 6.92 Å². The zero-order chi connectivity index (χ0) is 15.3. The lowest BCUT2D eigenvalue weighted by Gasteiger charge is -2.09. The molecule has 0 fully saturated rings. The summed E-state index contributed by atoms with van der Waals surface area (Å²) in [5.41, 5.74) is 1.66. The Bertz CT molecular complexity index is 693. The van der Waals surface area contributed by atoms with E-state index in [1.165, 1.54) is 11.3 Å². The molecule has 0 atom stereocenters. The summed E-state index contributed by atoms with van der Waals surface area (Å²) in [5.74, 6) is 0. The third-order valence-corrected chi connectivity index (χ3v) is 5.79. The molecule has 21 heavy (non-hydrogen) atoms. The van der Waals surface area contributed by atoms with Crippen molar-refractivity contribution in [2.75, 3.05) is 11.3 Å². The smallest absolute Gasteiger partial charge is 0.271 e. The van der Waals surface area contributed by atoms with E-state index < -0.39 is 10.0 Å². The molecule has 114 valence electrons. The van der Waals surface area contributed by atoms with E-state index in [0.717, 1.165) is 30.0 Å². The van der Waals surface area contributed by atoms with Gasteiger partial charge in [0.25, 0.3) is 10.0 Å². The maximum Gasteiger partial charge on any atom is 0.271 e. The number of hydrogen-bond donors (Lipinski definition) is 2. The molecule has 0 saturated carbocycles. The van der Waals surface area contributed by atoms with E-state index in [-0.39, 0.29) is 0 Å². The maximum absolute atomic E-state index is 12.3. The SMILES string of the molecule is CCCNCc1cccc(NS(=O)(=O)c2ccc(C)s2)c1. The van der Waals surface area contributed by atoms with Crippen LogP contribution >= 0.6 is 11.3 Å². The highest BCUT2D eigenvalue weighted by Crippen LogP contribution is 2.23. The van der Waals surface area contributed by atoms with E-state index in [0.29, 0.717) is 9.90 Å². The quantitative estimate of drug-likeness (QED) is 0.768. The average molecular weight is 324 g/mol. The summed E-state index contributed by atoms with van der Waals surface area (Å²) in [7, 11) is -3.49. The van der Waals surface area contributed by atoms with Crippen molar-refractivity contribution in [3.8, 4) is 0 Å². The minimum atomic E-state index is -3.49. The number of thiophene rings is 1. The molecule has 0 aliphatic rings. The van der Waals surface area contributed by atoms with Crippen molar-refractivity contribution >= 4 is 27.0 Å². The average Bonchev–Trinajstić information content (AvgIpc) is 2.87. The van der Waals surface area contributed by atoms with Crippen LogP contribution in [0.15, 0.2) is 40.6 Å². The molecule has 2 aromatic rings. The minimum absolute atomic E-state index is 0.342. The summed E-state index contributed by atoms with van der Waals surface area (Å²) in [5, 5.41) is 3.30. The van der Waals surface area contributed by atoms with E-state index in [1.54, 1.807) is 12.1 Å². The summed E-state index contributed by atoms with van der Waals surface area (Å²) in [6, 6.07) is 10.9. The van der Waals surface area contributed by atoms with Crippen LogP contribution in [0.3, 0.4) is 0 Å². The molecule has 0 bridgehead atoms. The second kappa shape index (κ2) is 7.06. The van der Waals surface area contributed by atoms with E-state index in [2.05, 4.69) is 17.0 Å². The lowest BCUT2D eigenvalue weighted by molar-refractivity contribution is 0.603. The van der Waals surface area contributed by atoms with Gasteiger partial charge in [-0.1, -0.05) is 19.1 Å². The highest BCUT2D eigenvalue weighted by atomic mass is 32.2. The Morgan fingerprint density at radius 2 is 2.00 bits per heavy atom. The number of hydrogen-bond acceptors (Lipinski definition) is 4. The molecule has 2 rings (SSSR count). The Morgan fingerprint density at radius 1 is 1.19 bits per heavy atom. The molecule has 0 saturated heterocycles.